The molecule has 0 bridgehead atoms. The molecule has 2 saturated heterocycles. The number of carbonyl (C=O) groups is 2. The Morgan fingerprint density at radius 2 is 1.82 bits per heavy atom. The Hall–Kier alpha value is -1.41. The SMILES string of the molecule is Cc1ccc(NC(=O)C2CCN(C(=O)C(N)C3CCOCC3)CC2)nc1.Cl.Cl. The molecule has 2 fully saturated rings. The molecule has 1 aromatic rings. The van der Waals surface area contributed by atoms with Crippen molar-refractivity contribution in [2.45, 2.75) is 38.6 Å². The van der Waals surface area contributed by atoms with Crippen LogP contribution in [0.25, 0.3) is 0 Å². The number of anilines is 1. The summed E-state index contributed by atoms with van der Waals surface area (Å²) in [7, 11) is 0. The number of aryl methyl sites for hydroxylation is 1. The maximum Gasteiger partial charge on any atom is 0.239 e. The molecule has 3 heterocycles. The van der Waals surface area contributed by atoms with E-state index in [2.05, 4.69) is 10.3 Å². The number of carbonyl (C=O) groups excluding carboxylic acids is 2. The lowest BCUT2D eigenvalue weighted by Gasteiger charge is -2.35. The number of nitrogens with one attached hydrogen (secondary N) is 1. The molecule has 1 atom stereocenters. The zero-order chi connectivity index (χ0) is 18.5. The monoisotopic (exact) mass is 432 g/mol. The standard InChI is InChI=1S/C19H28N4O3.2ClH/c1-13-2-3-16(21-12-13)22-18(24)15-4-8-23(9-5-15)19(25)17(20)14-6-10-26-11-7-14;;/h2-3,12,14-15,17H,4-11,20H2,1H3,(H,21,22,24);2*1H. The van der Waals surface area contributed by atoms with Crippen molar-refractivity contribution in [3.63, 3.8) is 0 Å². The molecule has 2 amide bonds. The molecule has 7 nitrogen and oxygen atoms in total. The molecule has 0 aromatic carbocycles. The van der Waals surface area contributed by atoms with Crippen molar-refractivity contribution in [3.05, 3.63) is 23.9 Å². The first-order valence-electron chi connectivity index (χ1n) is 9.40. The van der Waals surface area contributed by atoms with Gasteiger partial charge in [-0.1, -0.05) is 6.07 Å². The number of pyridine rings is 1. The summed E-state index contributed by atoms with van der Waals surface area (Å²) >= 11 is 0. The number of likely N-dealkylation sites (tertiary alicyclic amines) is 1. The highest BCUT2D eigenvalue weighted by atomic mass is 35.5. The molecule has 3 N–H and O–H groups in total. The Balaban J connectivity index is 0.00000196. The Bertz CT molecular complexity index is 631. The average Bonchev–Trinajstić information content (AvgIpc) is 2.69. The first-order valence-corrected chi connectivity index (χ1v) is 9.40. The predicted octanol–water partition coefficient (Wildman–Crippen LogP) is 2.16. The number of hydrogen-bond donors (Lipinski definition) is 2. The second kappa shape index (κ2) is 11.6. The van der Waals surface area contributed by atoms with Crippen molar-refractivity contribution >= 4 is 42.4 Å². The number of nitrogens with zero attached hydrogens (tertiary/aromatic N) is 2. The highest BCUT2D eigenvalue weighted by Crippen LogP contribution is 2.23. The van der Waals surface area contributed by atoms with Crippen LogP contribution in [0.1, 0.15) is 31.2 Å². The number of piperidine rings is 1. The number of amides is 2. The van der Waals surface area contributed by atoms with Crippen LogP contribution in [0.4, 0.5) is 5.82 Å². The number of aromatic nitrogens is 1. The summed E-state index contributed by atoms with van der Waals surface area (Å²) in [5.74, 6) is 0.658. The van der Waals surface area contributed by atoms with Gasteiger partial charge in [-0.25, -0.2) is 4.98 Å². The summed E-state index contributed by atoms with van der Waals surface area (Å²) in [6.45, 7) is 4.47. The van der Waals surface area contributed by atoms with Crippen LogP contribution in [0.2, 0.25) is 0 Å². The van der Waals surface area contributed by atoms with Gasteiger partial charge in [0.15, 0.2) is 0 Å². The van der Waals surface area contributed by atoms with E-state index < -0.39 is 6.04 Å². The normalized spacial score (nSPS) is 19.1. The summed E-state index contributed by atoms with van der Waals surface area (Å²) in [4.78, 5) is 31.1. The second-order valence-electron chi connectivity index (χ2n) is 7.29. The van der Waals surface area contributed by atoms with Gasteiger partial charge < -0.3 is 20.7 Å². The Labute approximate surface area is 178 Å². The van der Waals surface area contributed by atoms with Crippen LogP contribution in [0.3, 0.4) is 0 Å². The molecular weight excluding hydrogens is 403 g/mol. The van der Waals surface area contributed by atoms with Gasteiger partial charge >= 0.3 is 0 Å². The molecule has 1 unspecified atom stereocenters. The smallest absolute Gasteiger partial charge is 0.239 e. The highest BCUT2D eigenvalue weighted by molar-refractivity contribution is 5.92. The second-order valence-corrected chi connectivity index (χ2v) is 7.29. The maximum absolute atomic E-state index is 12.6. The van der Waals surface area contributed by atoms with E-state index >= 15 is 0 Å². The Morgan fingerprint density at radius 3 is 2.39 bits per heavy atom. The average molecular weight is 433 g/mol. The molecule has 158 valence electrons. The van der Waals surface area contributed by atoms with Gasteiger partial charge in [-0.05, 0) is 50.2 Å². The van der Waals surface area contributed by atoms with Crippen LogP contribution in [0.15, 0.2) is 18.3 Å². The van der Waals surface area contributed by atoms with Crippen molar-refractivity contribution in [1.29, 1.82) is 0 Å². The summed E-state index contributed by atoms with van der Waals surface area (Å²) in [6.07, 6.45) is 4.73. The van der Waals surface area contributed by atoms with Crippen LogP contribution in [-0.4, -0.2) is 54.0 Å². The minimum Gasteiger partial charge on any atom is -0.381 e. The summed E-state index contributed by atoms with van der Waals surface area (Å²) in [5, 5.41) is 2.87. The van der Waals surface area contributed by atoms with E-state index in [-0.39, 0.29) is 48.5 Å². The van der Waals surface area contributed by atoms with Gasteiger partial charge in [0.1, 0.15) is 5.82 Å². The third-order valence-corrected chi connectivity index (χ3v) is 5.40. The number of ether oxygens (including phenoxy) is 1. The number of rotatable bonds is 4. The molecule has 0 radical (unpaired) electrons. The molecule has 0 spiro atoms. The quantitative estimate of drug-likeness (QED) is 0.759. The third kappa shape index (κ3) is 6.30. The van der Waals surface area contributed by atoms with Crippen LogP contribution >= 0.6 is 24.8 Å². The fourth-order valence-corrected chi connectivity index (χ4v) is 3.62. The Kier molecular flexibility index (Phi) is 10.2. The van der Waals surface area contributed by atoms with Crippen molar-refractivity contribution in [1.82, 2.24) is 9.88 Å². The number of hydrogen-bond acceptors (Lipinski definition) is 5. The predicted molar refractivity (Wildman–Crippen MR) is 113 cm³/mol. The summed E-state index contributed by atoms with van der Waals surface area (Å²) in [5.41, 5.74) is 7.25. The molecule has 28 heavy (non-hydrogen) atoms. The molecule has 0 aliphatic carbocycles. The number of nitrogens with two attached hydrogens (primary N) is 1. The largest absolute Gasteiger partial charge is 0.381 e. The van der Waals surface area contributed by atoms with E-state index in [9.17, 15) is 9.59 Å². The Morgan fingerprint density at radius 1 is 1.18 bits per heavy atom. The third-order valence-electron chi connectivity index (χ3n) is 5.40. The number of halogens is 2. The van der Waals surface area contributed by atoms with Crippen molar-refractivity contribution in [2.24, 2.45) is 17.6 Å². The molecule has 3 rings (SSSR count). The molecule has 0 saturated carbocycles. The van der Waals surface area contributed by atoms with Crippen molar-refractivity contribution in [3.8, 4) is 0 Å². The van der Waals surface area contributed by atoms with Gasteiger partial charge in [0.05, 0.1) is 6.04 Å². The van der Waals surface area contributed by atoms with E-state index in [1.54, 1.807) is 12.3 Å². The maximum atomic E-state index is 12.6. The van der Waals surface area contributed by atoms with Crippen LogP contribution < -0.4 is 11.1 Å². The molecule has 2 aliphatic rings. The minimum atomic E-state index is -0.457. The first kappa shape index (κ1) is 24.6. The van der Waals surface area contributed by atoms with Crippen molar-refractivity contribution in [2.75, 3.05) is 31.6 Å². The van der Waals surface area contributed by atoms with E-state index in [1.807, 2.05) is 17.9 Å². The zero-order valence-corrected chi connectivity index (χ0v) is 17.8. The minimum absolute atomic E-state index is 0. The summed E-state index contributed by atoms with van der Waals surface area (Å²) < 4.78 is 5.34. The first-order chi connectivity index (χ1) is 12.5. The van der Waals surface area contributed by atoms with Gasteiger partial charge in [0.25, 0.3) is 0 Å². The fourth-order valence-electron chi connectivity index (χ4n) is 3.62. The van der Waals surface area contributed by atoms with Gasteiger partial charge in [0.2, 0.25) is 11.8 Å². The van der Waals surface area contributed by atoms with Crippen LogP contribution in [-0.2, 0) is 14.3 Å². The molecule has 1 aromatic heterocycles. The van der Waals surface area contributed by atoms with Gasteiger partial charge in [0, 0.05) is 38.4 Å². The van der Waals surface area contributed by atoms with Gasteiger partial charge in [-0.3, -0.25) is 9.59 Å². The molecule has 9 heteroatoms. The van der Waals surface area contributed by atoms with E-state index in [0.29, 0.717) is 45.0 Å². The topological polar surface area (TPSA) is 97.6 Å². The van der Waals surface area contributed by atoms with Crippen LogP contribution in [0, 0.1) is 18.8 Å². The lowest BCUT2D eigenvalue weighted by molar-refractivity contribution is -0.137. The van der Waals surface area contributed by atoms with Gasteiger partial charge in [-0.2, -0.15) is 0 Å². The van der Waals surface area contributed by atoms with E-state index in [4.69, 9.17) is 10.5 Å². The summed E-state index contributed by atoms with van der Waals surface area (Å²) in [6, 6.07) is 3.27. The molecule has 2 aliphatic heterocycles. The highest BCUT2D eigenvalue weighted by Gasteiger charge is 2.33. The lowest BCUT2D eigenvalue weighted by Crippen LogP contribution is -2.51. The molecular formula is C19H30Cl2N4O3. The van der Waals surface area contributed by atoms with Gasteiger partial charge in [-0.15, -0.1) is 24.8 Å². The fraction of sp³-hybridized carbons (Fsp3) is 0.632. The van der Waals surface area contributed by atoms with Crippen LogP contribution in [0.5, 0.6) is 0 Å². The zero-order valence-electron chi connectivity index (χ0n) is 16.1. The van der Waals surface area contributed by atoms with E-state index in [1.165, 1.54) is 0 Å². The lowest BCUT2D eigenvalue weighted by atomic mass is 9.90. The van der Waals surface area contributed by atoms with E-state index in [0.717, 1.165) is 18.4 Å². The van der Waals surface area contributed by atoms with Crippen molar-refractivity contribution < 1.29 is 14.3 Å².